The van der Waals surface area contributed by atoms with Crippen LogP contribution in [0.2, 0.25) is 0 Å². The minimum absolute atomic E-state index is 0.0534. The van der Waals surface area contributed by atoms with E-state index in [4.69, 9.17) is 0 Å². The lowest BCUT2D eigenvalue weighted by molar-refractivity contribution is 0.0871. The van der Waals surface area contributed by atoms with Crippen molar-refractivity contribution in [1.82, 2.24) is 25.3 Å². The van der Waals surface area contributed by atoms with E-state index in [1.54, 1.807) is 10.7 Å². The molecule has 3 aromatic rings. The number of nitrogens with one attached hydrogen (secondary N) is 2. The Hall–Kier alpha value is -2.78. The van der Waals surface area contributed by atoms with Crippen LogP contribution in [-0.2, 0) is 0 Å². The van der Waals surface area contributed by atoms with E-state index in [0.29, 0.717) is 4.88 Å². The number of carbonyl (C=O) groups is 1. The Morgan fingerprint density at radius 1 is 1.28 bits per heavy atom. The molecule has 0 spiro atoms. The van der Waals surface area contributed by atoms with E-state index in [9.17, 15) is 9.90 Å². The summed E-state index contributed by atoms with van der Waals surface area (Å²) in [5.74, 6) is 0.152. The number of rotatable bonds is 4. The summed E-state index contributed by atoms with van der Waals surface area (Å²) < 4.78 is 1.78. The van der Waals surface area contributed by atoms with Crippen LogP contribution < -0.4 is 10.7 Å². The van der Waals surface area contributed by atoms with Gasteiger partial charge in [-0.25, -0.2) is 9.50 Å². The standard InChI is InChI=1S/C20H22N6O2S/c27-16-3-1-15(2-4-16)25-20(28)18-5-12(11-29-18)17-9-24-26-10-14(6-21-19(17)26)13-7-22-23-8-13/h5-7,9-11,13,15-16,23,27H,1-4,8H2,(H,25,28)/t13?,15-,16-. The van der Waals surface area contributed by atoms with Gasteiger partial charge in [-0.05, 0) is 48.3 Å². The van der Waals surface area contributed by atoms with Crippen molar-refractivity contribution in [2.24, 2.45) is 5.10 Å². The molecule has 9 heteroatoms. The van der Waals surface area contributed by atoms with Gasteiger partial charge in [0, 0.05) is 42.7 Å². The van der Waals surface area contributed by atoms with Gasteiger partial charge >= 0.3 is 0 Å². The molecule has 150 valence electrons. The smallest absolute Gasteiger partial charge is 0.261 e. The monoisotopic (exact) mass is 410 g/mol. The van der Waals surface area contributed by atoms with Gasteiger partial charge in [-0.3, -0.25) is 4.79 Å². The highest BCUT2D eigenvalue weighted by molar-refractivity contribution is 7.12. The van der Waals surface area contributed by atoms with Crippen molar-refractivity contribution in [2.75, 3.05) is 6.54 Å². The van der Waals surface area contributed by atoms with Crippen LogP contribution in [0.1, 0.15) is 46.8 Å². The van der Waals surface area contributed by atoms with Gasteiger partial charge in [0.2, 0.25) is 0 Å². The van der Waals surface area contributed by atoms with Crippen LogP contribution in [-0.4, -0.2) is 50.5 Å². The molecule has 1 atom stereocenters. The first-order valence-electron chi connectivity index (χ1n) is 9.84. The van der Waals surface area contributed by atoms with E-state index in [1.807, 2.05) is 30.1 Å². The molecule has 2 aliphatic rings. The molecule has 3 N–H and O–H groups in total. The van der Waals surface area contributed by atoms with Gasteiger partial charge in [-0.15, -0.1) is 11.3 Å². The maximum atomic E-state index is 12.6. The Morgan fingerprint density at radius 2 is 2.14 bits per heavy atom. The molecule has 1 aliphatic heterocycles. The van der Waals surface area contributed by atoms with Crippen LogP contribution in [0.5, 0.6) is 0 Å². The van der Waals surface area contributed by atoms with E-state index < -0.39 is 0 Å². The number of aliphatic hydroxyl groups excluding tert-OH is 1. The van der Waals surface area contributed by atoms with Crippen molar-refractivity contribution in [1.29, 1.82) is 0 Å². The Balaban J connectivity index is 1.34. The first-order valence-corrected chi connectivity index (χ1v) is 10.7. The predicted molar refractivity (Wildman–Crippen MR) is 111 cm³/mol. The van der Waals surface area contributed by atoms with E-state index in [0.717, 1.165) is 54.6 Å². The first kappa shape index (κ1) is 18.3. The Morgan fingerprint density at radius 3 is 2.93 bits per heavy atom. The summed E-state index contributed by atoms with van der Waals surface area (Å²) in [6.07, 6.45) is 10.4. The van der Waals surface area contributed by atoms with Crippen LogP contribution in [0.4, 0.5) is 0 Å². The molecule has 1 fully saturated rings. The molecule has 0 aromatic carbocycles. The average Bonchev–Trinajstić information content (AvgIpc) is 3.49. The number of carbonyl (C=O) groups excluding carboxylic acids is 1. The number of hydrogen-bond acceptors (Lipinski definition) is 7. The molecule has 29 heavy (non-hydrogen) atoms. The van der Waals surface area contributed by atoms with Crippen LogP contribution in [0.25, 0.3) is 16.8 Å². The van der Waals surface area contributed by atoms with Crippen molar-refractivity contribution in [2.45, 2.75) is 43.7 Å². The summed E-state index contributed by atoms with van der Waals surface area (Å²) in [7, 11) is 0. The summed E-state index contributed by atoms with van der Waals surface area (Å²) in [5.41, 5.74) is 6.63. The maximum absolute atomic E-state index is 12.6. The second-order valence-corrected chi connectivity index (χ2v) is 8.55. The van der Waals surface area contributed by atoms with Crippen molar-refractivity contribution in [3.63, 3.8) is 0 Å². The third-order valence-electron chi connectivity index (χ3n) is 5.63. The molecule has 4 heterocycles. The molecule has 1 saturated carbocycles. The SMILES string of the molecule is O=C(N[C@H]1CC[C@H](O)CC1)c1cc(-c2cnn3cc(C4C=NNC4)cnc23)cs1. The van der Waals surface area contributed by atoms with E-state index in [1.165, 1.54) is 11.3 Å². The summed E-state index contributed by atoms with van der Waals surface area (Å²) in [6, 6.07) is 2.04. The topological polar surface area (TPSA) is 104 Å². The molecule has 5 rings (SSSR count). The molecule has 0 bridgehead atoms. The van der Waals surface area contributed by atoms with Gasteiger partial charge in [0.15, 0.2) is 5.65 Å². The van der Waals surface area contributed by atoms with Crippen molar-refractivity contribution in [3.05, 3.63) is 40.5 Å². The number of aliphatic hydroxyl groups is 1. The predicted octanol–water partition coefficient (Wildman–Crippen LogP) is 2.16. The number of nitrogens with zero attached hydrogens (tertiary/aromatic N) is 4. The minimum Gasteiger partial charge on any atom is -0.393 e. The van der Waals surface area contributed by atoms with Gasteiger partial charge in [-0.1, -0.05) is 0 Å². The lowest BCUT2D eigenvalue weighted by Crippen LogP contribution is -2.38. The Labute approximate surface area is 171 Å². The van der Waals surface area contributed by atoms with Crippen molar-refractivity contribution in [3.8, 4) is 11.1 Å². The molecule has 0 saturated heterocycles. The number of thiophene rings is 1. The lowest BCUT2D eigenvalue weighted by atomic mass is 9.93. The van der Waals surface area contributed by atoms with Crippen molar-refractivity contribution >= 4 is 29.1 Å². The van der Waals surface area contributed by atoms with Gasteiger partial charge in [0.05, 0.1) is 17.2 Å². The van der Waals surface area contributed by atoms with Gasteiger partial charge < -0.3 is 15.8 Å². The van der Waals surface area contributed by atoms with E-state index >= 15 is 0 Å². The molecule has 1 amide bonds. The first-order chi connectivity index (χ1) is 14.2. The number of hydrazone groups is 1. The highest BCUT2D eigenvalue weighted by atomic mass is 32.1. The van der Waals surface area contributed by atoms with Crippen LogP contribution in [0, 0.1) is 0 Å². The Kier molecular flexibility index (Phi) is 4.76. The minimum atomic E-state index is -0.225. The number of aromatic nitrogens is 3. The van der Waals surface area contributed by atoms with Gasteiger partial charge in [0.1, 0.15) is 0 Å². The zero-order valence-corrected chi connectivity index (χ0v) is 16.6. The maximum Gasteiger partial charge on any atom is 0.261 e. The molecular formula is C20H22N6O2S. The Bertz CT molecular complexity index is 1070. The highest BCUT2D eigenvalue weighted by Crippen LogP contribution is 2.29. The fourth-order valence-corrected chi connectivity index (χ4v) is 4.72. The molecule has 8 nitrogen and oxygen atoms in total. The number of hydrogen-bond donors (Lipinski definition) is 3. The number of fused-ring (bicyclic) bond motifs is 1. The summed E-state index contributed by atoms with van der Waals surface area (Å²) in [6.45, 7) is 0.768. The van der Waals surface area contributed by atoms with E-state index in [-0.39, 0.29) is 24.0 Å². The molecular weight excluding hydrogens is 388 g/mol. The quantitative estimate of drug-likeness (QED) is 0.612. The molecule has 0 radical (unpaired) electrons. The van der Waals surface area contributed by atoms with Crippen LogP contribution in [0.3, 0.4) is 0 Å². The van der Waals surface area contributed by atoms with Gasteiger partial charge in [-0.2, -0.15) is 10.2 Å². The molecule has 3 aromatic heterocycles. The van der Waals surface area contributed by atoms with Crippen LogP contribution >= 0.6 is 11.3 Å². The second kappa shape index (κ2) is 7.57. The van der Waals surface area contributed by atoms with E-state index in [2.05, 4.69) is 25.9 Å². The van der Waals surface area contributed by atoms with Gasteiger partial charge in [0.25, 0.3) is 5.91 Å². The summed E-state index contributed by atoms with van der Waals surface area (Å²) in [5, 5.41) is 23.2. The second-order valence-electron chi connectivity index (χ2n) is 7.64. The largest absolute Gasteiger partial charge is 0.393 e. The molecule has 1 unspecified atom stereocenters. The highest BCUT2D eigenvalue weighted by Gasteiger charge is 2.22. The zero-order valence-electron chi connectivity index (χ0n) is 15.8. The van der Waals surface area contributed by atoms with Crippen LogP contribution in [0.15, 0.2) is 35.1 Å². The number of amides is 1. The lowest BCUT2D eigenvalue weighted by Gasteiger charge is -2.25. The fraction of sp³-hybridized carbons (Fsp3) is 0.400. The normalized spacial score (nSPS) is 24.0. The summed E-state index contributed by atoms with van der Waals surface area (Å²) in [4.78, 5) is 17.9. The fourth-order valence-electron chi connectivity index (χ4n) is 3.91. The summed E-state index contributed by atoms with van der Waals surface area (Å²) >= 11 is 1.43. The zero-order chi connectivity index (χ0) is 19.8. The van der Waals surface area contributed by atoms with Crippen molar-refractivity contribution < 1.29 is 9.90 Å². The third kappa shape index (κ3) is 3.63. The third-order valence-corrected chi connectivity index (χ3v) is 6.56. The average molecular weight is 411 g/mol. The molecule has 1 aliphatic carbocycles.